The van der Waals surface area contributed by atoms with Crippen molar-refractivity contribution in [3.8, 4) is 0 Å². The van der Waals surface area contributed by atoms with Gasteiger partial charge in [0, 0.05) is 17.3 Å². The summed E-state index contributed by atoms with van der Waals surface area (Å²) < 4.78 is 28.4. The fourth-order valence-electron chi connectivity index (χ4n) is 3.52. The molecule has 0 radical (unpaired) electrons. The number of nitrogens with one attached hydrogen (secondary N) is 2. The third-order valence-electron chi connectivity index (χ3n) is 5.09. The van der Waals surface area contributed by atoms with Gasteiger partial charge in [0.25, 0.3) is 10.0 Å². The summed E-state index contributed by atoms with van der Waals surface area (Å²) in [6.45, 7) is 1.64. The minimum absolute atomic E-state index is 0.149. The van der Waals surface area contributed by atoms with E-state index < -0.39 is 21.5 Å². The van der Waals surface area contributed by atoms with E-state index in [4.69, 9.17) is 0 Å². The molecule has 0 amide bonds. The first-order valence-electron chi connectivity index (χ1n) is 8.75. The molecule has 1 aliphatic carbocycles. The highest BCUT2D eigenvalue weighted by Gasteiger charge is 2.63. The quantitative estimate of drug-likeness (QED) is 0.687. The number of carboxylic acids is 1. The van der Waals surface area contributed by atoms with Gasteiger partial charge in [-0.1, -0.05) is 36.4 Å². The van der Waals surface area contributed by atoms with Crippen molar-refractivity contribution < 1.29 is 18.3 Å². The van der Waals surface area contributed by atoms with Crippen LogP contribution in [0.5, 0.6) is 0 Å². The van der Waals surface area contributed by atoms with Gasteiger partial charge in [-0.2, -0.15) is 4.72 Å². The predicted octanol–water partition coefficient (Wildman–Crippen LogP) is 2.41. The van der Waals surface area contributed by atoms with E-state index in [1.807, 2.05) is 30.3 Å². The third kappa shape index (κ3) is 3.45. The molecule has 2 aliphatic rings. The van der Waals surface area contributed by atoms with Crippen molar-refractivity contribution in [2.75, 3.05) is 13.1 Å². The molecule has 2 atom stereocenters. The Kier molecular flexibility index (Phi) is 4.67. The average molecular weight is 405 g/mol. The molecule has 0 unspecified atom stereocenters. The van der Waals surface area contributed by atoms with E-state index in [9.17, 15) is 18.3 Å². The lowest BCUT2D eigenvalue weighted by Gasteiger charge is -2.15. The Morgan fingerprint density at radius 3 is 2.67 bits per heavy atom. The van der Waals surface area contributed by atoms with Gasteiger partial charge in [-0.15, -0.1) is 11.3 Å². The van der Waals surface area contributed by atoms with Crippen LogP contribution in [0.2, 0.25) is 0 Å². The number of carbonyl (C=O) groups is 1. The Morgan fingerprint density at radius 2 is 2.00 bits per heavy atom. The van der Waals surface area contributed by atoms with Gasteiger partial charge in [-0.25, -0.2) is 8.42 Å². The fraction of sp³-hybridized carbons (Fsp3) is 0.316. The lowest BCUT2D eigenvalue weighted by Crippen LogP contribution is -2.44. The van der Waals surface area contributed by atoms with Gasteiger partial charge in [0.05, 0.1) is 0 Å². The zero-order valence-electron chi connectivity index (χ0n) is 14.5. The second kappa shape index (κ2) is 6.87. The summed E-state index contributed by atoms with van der Waals surface area (Å²) >= 11 is 1.18. The van der Waals surface area contributed by atoms with Crippen molar-refractivity contribution in [2.24, 2.45) is 0 Å². The van der Waals surface area contributed by atoms with Crippen LogP contribution in [-0.4, -0.2) is 38.1 Å². The molecule has 6 nitrogen and oxygen atoms in total. The lowest BCUT2D eigenvalue weighted by molar-refractivity contribution is -0.140. The van der Waals surface area contributed by atoms with Crippen molar-refractivity contribution in [1.82, 2.24) is 10.0 Å². The molecule has 8 heteroatoms. The number of rotatable bonds is 6. The van der Waals surface area contributed by atoms with Crippen LogP contribution < -0.4 is 10.0 Å². The Hall–Kier alpha value is -2.00. The number of thiophene rings is 1. The van der Waals surface area contributed by atoms with Crippen LogP contribution in [0.4, 0.5) is 0 Å². The Labute approximate surface area is 162 Å². The predicted molar refractivity (Wildman–Crippen MR) is 104 cm³/mol. The summed E-state index contributed by atoms with van der Waals surface area (Å²) in [6, 6.07) is 12.5. The molecule has 1 fully saturated rings. The Bertz CT molecular complexity index is 998. The first-order chi connectivity index (χ1) is 12.9. The second-order valence-corrected chi connectivity index (χ2v) is 9.84. The number of carboxylic acid groups (broad SMARTS) is 1. The largest absolute Gasteiger partial charge is 0.480 e. The molecule has 0 bridgehead atoms. The molecule has 27 heavy (non-hydrogen) atoms. The van der Waals surface area contributed by atoms with Crippen molar-refractivity contribution >= 4 is 32.9 Å². The lowest BCUT2D eigenvalue weighted by atomic mass is 10.1. The third-order valence-corrected chi connectivity index (χ3v) is 8.25. The van der Waals surface area contributed by atoms with Crippen LogP contribution in [0.3, 0.4) is 0 Å². The molecule has 0 saturated heterocycles. The van der Waals surface area contributed by atoms with Gasteiger partial charge in [0.1, 0.15) is 9.75 Å². The minimum Gasteiger partial charge on any atom is -0.480 e. The summed E-state index contributed by atoms with van der Waals surface area (Å²) in [5.41, 5.74) is 0.481. The van der Waals surface area contributed by atoms with Gasteiger partial charge in [-0.05, 0) is 42.7 Å². The number of hydrogen-bond donors (Lipinski definition) is 3. The molecule has 0 spiro atoms. The Morgan fingerprint density at radius 1 is 1.22 bits per heavy atom. The summed E-state index contributed by atoms with van der Waals surface area (Å²) in [4.78, 5) is 12.8. The highest BCUT2D eigenvalue weighted by molar-refractivity contribution is 7.91. The van der Waals surface area contributed by atoms with Gasteiger partial charge in [0.15, 0.2) is 0 Å². The summed E-state index contributed by atoms with van der Waals surface area (Å²) in [7, 11) is -3.91. The minimum atomic E-state index is -3.91. The van der Waals surface area contributed by atoms with Crippen LogP contribution >= 0.6 is 11.3 Å². The zero-order valence-corrected chi connectivity index (χ0v) is 16.1. The van der Waals surface area contributed by atoms with Crippen molar-refractivity contribution in [1.29, 1.82) is 0 Å². The zero-order chi connectivity index (χ0) is 19.1. The molecular weight excluding hydrogens is 384 g/mol. The molecule has 1 saturated carbocycles. The fourth-order valence-corrected chi connectivity index (χ4v) is 6.30. The van der Waals surface area contributed by atoms with Crippen molar-refractivity contribution in [3.63, 3.8) is 0 Å². The van der Waals surface area contributed by atoms with Crippen LogP contribution in [-0.2, 0) is 14.8 Å². The van der Waals surface area contributed by atoms with E-state index in [1.54, 1.807) is 12.1 Å². The highest BCUT2D eigenvalue weighted by Crippen LogP contribution is 2.52. The average Bonchev–Trinajstić information content (AvgIpc) is 3.16. The van der Waals surface area contributed by atoms with E-state index in [1.165, 1.54) is 11.3 Å². The molecular formula is C19H20N2O4S2. The highest BCUT2D eigenvalue weighted by atomic mass is 32.2. The molecule has 2 heterocycles. The van der Waals surface area contributed by atoms with E-state index in [0.717, 1.165) is 35.5 Å². The first-order valence-corrected chi connectivity index (χ1v) is 11.0. The van der Waals surface area contributed by atoms with Gasteiger partial charge < -0.3 is 10.4 Å². The van der Waals surface area contributed by atoms with Gasteiger partial charge in [-0.3, -0.25) is 4.79 Å². The SMILES string of the molecule is O=C(O)[C@]1(NS(=O)(=O)c2ccc(C3=CCNCC3)s2)C[C@H]1c1ccccc1. The molecule has 4 rings (SSSR count). The monoisotopic (exact) mass is 404 g/mol. The molecule has 1 aromatic carbocycles. The Balaban J connectivity index is 1.58. The van der Waals surface area contributed by atoms with E-state index in [2.05, 4.69) is 16.1 Å². The summed E-state index contributed by atoms with van der Waals surface area (Å²) in [6.07, 6.45) is 3.16. The van der Waals surface area contributed by atoms with Crippen LogP contribution in [0.1, 0.15) is 29.2 Å². The van der Waals surface area contributed by atoms with Gasteiger partial charge in [0.2, 0.25) is 0 Å². The molecule has 1 aromatic heterocycles. The first kappa shape index (κ1) is 18.4. The second-order valence-electron chi connectivity index (χ2n) is 6.85. The van der Waals surface area contributed by atoms with Crippen molar-refractivity contribution in [2.45, 2.75) is 28.5 Å². The standard InChI is InChI=1S/C19H20N2O4S2/c22-18(23)19(12-15(19)13-4-2-1-3-5-13)21-27(24,25)17-7-6-16(26-17)14-8-10-20-11-9-14/h1-8,15,20-21H,9-12H2,(H,22,23)/t15-,19-/m0/s1. The van der Waals surface area contributed by atoms with Crippen molar-refractivity contribution in [3.05, 3.63) is 59.0 Å². The number of benzene rings is 1. The normalized spacial score (nSPS) is 25.0. The van der Waals surface area contributed by atoms with E-state index in [0.29, 0.717) is 0 Å². The number of hydrogen-bond acceptors (Lipinski definition) is 5. The maximum atomic E-state index is 12.9. The summed E-state index contributed by atoms with van der Waals surface area (Å²) in [5.74, 6) is -1.50. The molecule has 2 aromatic rings. The number of sulfonamides is 1. The van der Waals surface area contributed by atoms with E-state index in [-0.39, 0.29) is 16.5 Å². The van der Waals surface area contributed by atoms with Crippen LogP contribution in [0.25, 0.3) is 5.57 Å². The summed E-state index contributed by atoms with van der Waals surface area (Å²) in [5, 5.41) is 12.9. The maximum absolute atomic E-state index is 12.9. The molecule has 1 aliphatic heterocycles. The van der Waals surface area contributed by atoms with Crippen LogP contribution in [0.15, 0.2) is 52.7 Å². The van der Waals surface area contributed by atoms with E-state index >= 15 is 0 Å². The smallest absolute Gasteiger partial charge is 0.325 e. The maximum Gasteiger partial charge on any atom is 0.325 e. The topological polar surface area (TPSA) is 95.5 Å². The van der Waals surface area contributed by atoms with Crippen LogP contribution in [0, 0.1) is 0 Å². The molecule has 3 N–H and O–H groups in total. The van der Waals surface area contributed by atoms with Gasteiger partial charge >= 0.3 is 5.97 Å². The molecule has 142 valence electrons. The number of aliphatic carboxylic acids is 1.